The molecule has 1 N–H and O–H groups in total. The monoisotopic (exact) mass is 393 g/mol. The Morgan fingerprint density at radius 1 is 1.15 bits per heavy atom. The lowest BCUT2D eigenvalue weighted by Crippen LogP contribution is -2.38. The van der Waals surface area contributed by atoms with Crippen LogP contribution in [-0.2, 0) is 21.2 Å². The molecule has 2 fully saturated rings. The van der Waals surface area contributed by atoms with Crippen molar-refractivity contribution in [3.63, 3.8) is 0 Å². The van der Waals surface area contributed by atoms with E-state index in [-0.39, 0.29) is 30.0 Å². The summed E-state index contributed by atoms with van der Waals surface area (Å²) in [4.78, 5) is 16.6. The van der Waals surface area contributed by atoms with Crippen LogP contribution in [0.3, 0.4) is 0 Å². The number of amides is 1. The minimum absolute atomic E-state index is 0.0586. The molecule has 2 aliphatic heterocycles. The SMILES string of the molecule is CN(CC(=O)Nc1ccc(CN2CCCCCC2)cc1)C1CCS(=O)(=O)C1. The number of carbonyl (C=O) groups excluding carboxylic acids is 1. The number of rotatable bonds is 6. The number of hydrogen-bond acceptors (Lipinski definition) is 5. The van der Waals surface area contributed by atoms with Gasteiger partial charge in [-0.05, 0) is 57.1 Å². The second-order valence-corrected chi connectivity index (χ2v) is 10.1. The molecule has 2 aliphatic rings. The third-order valence-electron chi connectivity index (χ3n) is 5.57. The van der Waals surface area contributed by atoms with Crippen molar-refractivity contribution in [2.45, 2.75) is 44.7 Å². The maximum absolute atomic E-state index is 12.3. The molecule has 0 aromatic heterocycles. The molecule has 0 bridgehead atoms. The van der Waals surface area contributed by atoms with Crippen LogP contribution in [0.5, 0.6) is 0 Å². The van der Waals surface area contributed by atoms with Gasteiger partial charge >= 0.3 is 0 Å². The molecule has 0 radical (unpaired) electrons. The van der Waals surface area contributed by atoms with Crippen molar-refractivity contribution in [1.82, 2.24) is 9.80 Å². The number of benzene rings is 1. The molecule has 0 saturated carbocycles. The van der Waals surface area contributed by atoms with E-state index in [0.717, 1.165) is 12.2 Å². The highest BCUT2D eigenvalue weighted by molar-refractivity contribution is 7.91. The van der Waals surface area contributed by atoms with Gasteiger partial charge in [0.25, 0.3) is 0 Å². The fourth-order valence-corrected chi connectivity index (χ4v) is 5.73. The maximum Gasteiger partial charge on any atom is 0.238 e. The molecule has 2 saturated heterocycles. The van der Waals surface area contributed by atoms with Crippen molar-refractivity contribution in [2.24, 2.45) is 0 Å². The standard InChI is InChI=1S/C20H31N3O3S/c1-22(19-10-13-27(25,26)16-19)15-20(24)21-18-8-6-17(7-9-18)14-23-11-4-2-3-5-12-23/h6-9,19H,2-5,10-16H2,1H3,(H,21,24). The van der Waals surface area contributed by atoms with E-state index in [1.54, 1.807) is 0 Å². The number of nitrogens with one attached hydrogen (secondary N) is 1. The number of nitrogens with zero attached hydrogens (tertiary/aromatic N) is 2. The Labute approximate surface area is 162 Å². The molecule has 1 aromatic carbocycles. The molecule has 0 spiro atoms. The summed E-state index contributed by atoms with van der Waals surface area (Å²) >= 11 is 0. The Balaban J connectivity index is 1.46. The summed E-state index contributed by atoms with van der Waals surface area (Å²) in [5.74, 6) is 0.270. The molecule has 1 atom stereocenters. The Morgan fingerprint density at radius 3 is 2.41 bits per heavy atom. The van der Waals surface area contributed by atoms with Crippen LogP contribution in [0, 0.1) is 0 Å². The Kier molecular flexibility index (Phi) is 6.89. The number of anilines is 1. The van der Waals surface area contributed by atoms with Crippen molar-refractivity contribution in [2.75, 3.05) is 43.5 Å². The fourth-order valence-electron chi connectivity index (χ4n) is 3.93. The minimum Gasteiger partial charge on any atom is -0.325 e. The van der Waals surface area contributed by atoms with Crippen LogP contribution in [0.4, 0.5) is 5.69 Å². The van der Waals surface area contributed by atoms with E-state index in [9.17, 15) is 13.2 Å². The predicted molar refractivity (Wildman–Crippen MR) is 109 cm³/mol. The first-order valence-corrected chi connectivity index (χ1v) is 11.8. The summed E-state index contributed by atoms with van der Waals surface area (Å²) in [6.45, 7) is 3.51. The van der Waals surface area contributed by atoms with Crippen LogP contribution in [-0.4, -0.2) is 68.4 Å². The largest absolute Gasteiger partial charge is 0.325 e. The third kappa shape index (κ3) is 6.30. The van der Waals surface area contributed by atoms with E-state index < -0.39 is 9.84 Å². The summed E-state index contributed by atoms with van der Waals surface area (Å²) in [5, 5.41) is 2.91. The van der Waals surface area contributed by atoms with Crippen LogP contribution < -0.4 is 5.32 Å². The summed E-state index contributed by atoms with van der Waals surface area (Å²) in [5.41, 5.74) is 2.05. The van der Waals surface area contributed by atoms with Gasteiger partial charge in [-0.15, -0.1) is 0 Å². The summed E-state index contributed by atoms with van der Waals surface area (Å²) < 4.78 is 23.2. The normalized spacial score (nSPS) is 23.3. The average Bonchev–Trinajstić information content (AvgIpc) is 2.81. The topological polar surface area (TPSA) is 69.7 Å². The number of hydrogen-bond donors (Lipinski definition) is 1. The number of sulfone groups is 1. The summed E-state index contributed by atoms with van der Waals surface area (Å²) in [6, 6.07) is 7.99. The molecule has 1 aromatic rings. The maximum atomic E-state index is 12.3. The average molecular weight is 394 g/mol. The van der Waals surface area contributed by atoms with E-state index in [1.165, 1.54) is 44.3 Å². The molecule has 27 heavy (non-hydrogen) atoms. The molecule has 150 valence electrons. The lowest BCUT2D eigenvalue weighted by Gasteiger charge is -2.22. The van der Waals surface area contributed by atoms with Crippen LogP contribution in [0.1, 0.15) is 37.7 Å². The van der Waals surface area contributed by atoms with E-state index in [4.69, 9.17) is 0 Å². The van der Waals surface area contributed by atoms with Gasteiger partial charge in [-0.2, -0.15) is 0 Å². The zero-order chi connectivity index (χ0) is 19.3. The van der Waals surface area contributed by atoms with Gasteiger partial charge in [0.05, 0.1) is 18.1 Å². The van der Waals surface area contributed by atoms with E-state index >= 15 is 0 Å². The quantitative estimate of drug-likeness (QED) is 0.802. The lowest BCUT2D eigenvalue weighted by molar-refractivity contribution is -0.117. The zero-order valence-electron chi connectivity index (χ0n) is 16.2. The van der Waals surface area contributed by atoms with Crippen LogP contribution >= 0.6 is 0 Å². The second-order valence-electron chi connectivity index (χ2n) is 7.91. The van der Waals surface area contributed by atoms with Crippen LogP contribution in [0.2, 0.25) is 0 Å². The van der Waals surface area contributed by atoms with Crippen molar-refractivity contribution in [3.8, 4) is 0 Å². The molecule has 3 rings (SSSR count). The highest BCUT2D eigenvalue weighted by atomic mass is 32.2. The molecule has 1 amide bonds. The Bertz CT molecular complexity index is 725. The first kappa shape index (κ1) is 20.3. The number of carbonyl (C=O) groups is 1. The van der Waals surface area contributed by atoms with Gasteiger partial charge in [-0.25, -0.2) is 8.42 Å². The van der Waals surface area contributed by atoms with Gasteiger partial charge in [0.2, 0.25) is 5.91 Å². The van der Waals surface area contributed by atoms with E-state index in [1.807, 2.05) is 24.1 Å². The van der Waals surface area contributed by atoms with E-state index in [2.05, 4.69) is 22.3 Å². The van der Waals surface area contributed by atoms with Gasteiger partial charge in [0.15, 0.2) is 9.84 Å². The first-order valence-electron chi connectivity index (χ1n) is 9.93. The first-order chi connectivity index (χ1) is 12.9. The van der Waals surface area contributed by atoms with Crippen molar-refractivity contribution >= 4 is 21.4 Å². The molecular formula is C20H31N3O3S. The second kappa shape index (κ2) is 9.17. The minimum atomic E-state index is -2.93. The Morgan fingerprint density at radius 2 is 1.81 bits per heavy atom. The fraction of sp³-hybridized carbons (Fsp3) is 0.650. The van der Waals surface area contributed by atoms with Crippen molar-refractivity contribution in [3.05, 3.63) is 29.8 Å². The number of likely N-dealkylation sites (tertiary alicyclic amines) is 1. The van der Waals surface area contributed by atoms with Crippen molar-refractivity contribution in [1.29, 1.82) is 0 Å². The van der Waals surface area contributed by atoms with Gasteiger partial charge in [-0.3, -0.25) is 14.6 Å². The molecule has 7 heteroatoms. The van der Waals surface area contributed by atoms with Crippen LogP contribution in [0.25, 0.3) is 0 Å². The smallest absolute Gasteiger partial charge is 0.238 e. The molecule has 6 nitrogen and oxygen atoms in total. The van der Waals surface area contributed by atoms with Gasteiger partial charge in [0, 0.05) is 18.3 Å². The van der Waals surface area contributed by atoms with Gasteiger partial charge in [0.1, 0.15) is 0 Å². The third-order valence-corrected chi connectivity index (χ3v) is 7.32. The molecule has 1 unspecified atom stereocenters. The molecule has 0 aliphatic carbocycles. The zero-order valence-corrected chi connectivity index (χ0v) is 17.0. The Hall–Kier alpha value is -1.44. The van der Waals surface area contributed by atoms with Gasteiger partial charge in [-0.1, -0.05) is 25.0 Å². The number of likely N-dealkylation sites (N-methyl/N-ethyl adjacent to an activating group) is 1. The highest BCUT2D eigenvalue weighted by Crippen LogP contribution is 2.17. The summed E-state index contributed by atoms with van der Waals surface area (Å²) in [6.07, 6.45) is 5.84. The highest BCUT2D eigenvalue weighted by Gasteiger charge is 2.31. The lowest BCUT2D eigenvalue weighted by atomic mass is 10.2. The molecular weight excluding hydrogens is 362 g/mol. The predicted octanol–water partition coefficient (Wildman–Crippen LogP) is 2.12. The molecule has 2 heterocycles. The van der Waals surface area contributed by atoms with Crippen LogP contribution in [0.15, 0.2) is 24.3 Å². The van der Waals surface area contributed by atoms with Gasteiger partial charge < -0.3 is 5.32 Å². The van der Waals surface area contributed by atoms with E-state index in [0.29, 0.717) is 6.42 Å². The van der Waals surface area contributed by atoms with Crippen molar-refractivity contribution < 1.29 is 13.2 Å². The summed E-state index contributed by atoms with van der Waals surface area (Å²) in [7, 11) is -1.12.